The lowest BCUT2D eigenvalue weighted by Gasteiger charge is -2.35. The van der Waals surface area contributed by atoms with Crippen LogP contribution in [0.4, 0.5) is 0 Å². The van der Waals surface area contributed by atoms with E-state index in [0.717, 1.165) is 11.1 Å². The van der Waals surface area contributed by atoms with Gasteiger partial charge in [0.2, 0.25) is 5.91 Å². The van der Waals surface area contributed by atoms with Crippen LogP contribution in [0.15, 0.2) is 24.3 Å². The van der Waals surface area contributed by atoms with Gasteiger partial charge in [0, 0.05) is 13.0 Å². The van der Waals surface area contributed by atoms with Crippen molar-refractivity contribution in [1.29, 1.82) is 0 Å². The molecule has 0 saturated heterocycles. The summed E-state index contributed by atoms with van der Waals surface area (Å²) in [5.74, 6) is -1.31. The minimum atomic E-state index is -0.987. The molecule has 1 aromatic carbocycles. The molecule has 1 aliphatic rings. The fourth-order valence-electron chi connectivity index (χ4n) is 2.24. The minimum Gasteiger partial charge on any atom is -0.480 e. The van der Waals surface area contributed by atoms with Crippen LogP contribution >= 0.6 is 0 Å². The third-order valence-electron chi connectivity index (χ3n) is 3.21. The van der Waals surface area contributed by atoms with E-state index in [9.17, 15) is 14.7 Å². The lowest BCUT2D eigenvalue weighted by molar-refractivity contribution is -0.151. The molecule has 1 unspecified atom stereocenters. The maximum Gasteiger partial charge on any atom is 0.326 e. The van der Waals surface area contributed by atoms with Crippen LogP contribution in [0.25, 0.3) is 0 Å². The number of amides is 1. The molecule has 0 aromatic heterocycles. The lowest BCUT2D eigenvalue weighted by atomic mass is 9.93. The molecule has 1 amide bonds. The highest BCUT2D eigenvalue weighted by Crippen LogP contribution is 2.23. The molecule has 5 heteroatoms. The highest BCUT2D eigenvalue weighted by molar-refractivity contribution is 5.87. The van der Waals surface area contributed by atoms with Crippen molar-refractivity contribution in [2.45, 2.75) is 32.0 Å². The lowest BCUT2D eigenvalue weighted by Crippen LogP contribution is -2.53. The Labute approximate surface area is 105 Å². The summed E-state index contributed by atoms with van der Waals surface area (Å²) in [6.07, 6.45) is 0.337. The second-order valence-electron chi connectivity index (χ2n) is 4.58. The van der Waals surface area contributed by atoms with Gasteiger partial charge in [-0.15, -0.1) is 0 Å². The quantitative estimate of drug-likeness (QED) is 0.792. The smallest absolute Gasteiger partial charge is 0.326 e. The highest BCUT2D eigenvalue weighted by Gasteiger charge is 2.35. The molecule has 0 spiro atoms. The van der Waals surface area contributed by atoms with Crippen LogP contribution in [0.3, 0.4) is 0 Å². The predicted molar refractivity (Wildman–Crippen MR) is 65.8 cm³/mol. The van der Waals surface area contributed by atoms with E-state index in [1.165, 1.54) is 4.90 Å². The van der Waals surface area contributed by atoms with E-state index >= 15 is 0 Å². The first-order chi connectivity index (χ1) is 8.50. The summed E-state index contributed by atoms with van der Waals surface area (Å²) in [6.45, 7) is 1.88. The van der Waals surface area contributed by atoms with Gasteiger partial charge in [0.05, 0.1) is 6.04 Å². The van der Waals surface area contributed by atoms with Crippen LogP contribution in [-0.4, -0.2) is 34.0 Å². The van der Waals surface area contributed by atoms with Crippen LogP contribution in [0.2, 0.25) is 0 Å². The van der Waals surface area contributed by atoms with E-state index < -0.39 is 18.1 Å². The van der Waals surface area contributed by atoms with Crippen molar-refractivity contribution in [2.75, 3.05) is 0 Å². The van der Waals surface area contributed by atoms with E-state index in [-0.39, 0.29) is 5.91 Å². The number of nitrogens with zero attached hydrogens (tertiary/aromatic N) is 1. The molecule has 3 N–H and O–H groups in total. The van der Waals surface area contributed by atoms with Crippen LogP contribution in [0.5, 0.6) is 0 Å². The van der Waals surface area contributed by atoms with Crippen LogP contribution in [0, 0.1) is 0 Å². The zero-order chi connectivity index (χ0) is 13.3. The van der Waals surface area contributed by atoms with Gasteiger partial charge >= 0.3 is 5.97 Å². The Kier molecular flexibility index (Phi) is 3.34. The molecule has 2 rings (SSSR count). The molecule has 2 atom stereocenters. The number of aliphatic carboxylic acids is 1. The van der Waals surface area contributed by atoms with Gasteiger partial charge in [-0.1, -0.05) is 24.3 Å². The molecule has 5 nitrogen and oxygen atoms in total. The van der Waals surface area contributed by atoms with Crippen LogP contribution in [-0.2, 0) is 22.6 Å². The summed E-state index contributed by atoms with van der Waals surface area (Å²) in [4.78, 5) is 24.6. The van der Waals surface area contributed by atoms with Gasteiger partial charge in [-0.25, -0.2) is 4.79 Å². The summed E-state index contributed by atoms with van der Waals surface area (Å²) in [5.41, 5.74) is 7.54. The van der Waals surface area contributed by atoms with Gasteiger partial charge in [-0.3, -0.25) is 4.79 Å². The molecule has 0 saturated carbocycles. The maximum absolute atomic E-state index is 12.0. The topological polar surface area (TPSA) is 83.6 Å². The standard InChI is InChI=1S/C13H16N2O3/c1-8(14)12(16)15-7-10-5-3-2-4-9(10)6-11(15)13(17)18/h2-5,8,11H,6-7,14H2,1H3,(H,17,18)/t8?,11-/m0/s1. The number of carbonyl (C=O) groups is 2. The number of carboxylic acid groups (broad SMARTS) is 1. The Balaban J connectivity index is 2.34. The Hall–Kier alpha value is -1.88. The van der Waals surface area contributed by atoms with Gasteiger partial charge in [-0.05, 0) is 18.1 Å². The summed E-state index contributed by atoms with van der Waals surface area (Å²) in [7, 11) is 0. The number of carboxylic acids is 1. The average molecular weight is 248 g/mol. The second-order valence-corrected chi connectivity index (χ2v) is 4.58. The number of nitrogens with two attached hydrogens (primary N) is 1. The van der Waals surface area contributed by atoms with E-state index in [1.54, 1.807) is 6.92 Å². The van der Waals surface area contributed by atoms with Gasteiger partial charge in [0.1, 0.15) is 6.04 Å². The van der Waals surface area contributed by atoms with Crippen LogP contribution < -0.4 is 5.73 Å². The van der Waals surface area contributed by atoms with Crippen molar-refractivity contribution in [1.82, 2.24) is 4.90 Å². The Bertz CT molecular complexity index is 485. The van der Waals surface area contributed by atoms with Crippen LogP contribution in [0.1, 0.15) is 18.1 Å². The van der Waals surface area contributed by atoms with Gasteiger partial charge in [0.25, 0.3) is 0 Å². The van der Waals surface area contributed by atoms with Crippen molar-refractivity contribution in [3.05, 3.63) is 35.4 Å². The Morgan fingerprint density at radius 2 is 2.00 bits per heavy atom. The number of rotatable bonds is 2. The number of fused-ring (bicyclic) bond motifs is 1. The second kappa shape index (κ2) is 4.78. The fourth-order valence-corrected chi connectivity index (χ4v) is 2.24. The summed E-state index contributed by atoms with van der Waals surface area (Å²) < 4.78 is 0. The maximum atomic E-state index is 12.0. The third kappa shape index (κ3) is 2.22. The van der Waals surface area contributed by atoms with Crippen molar-refractivity contribution >= 4 is 11.9 Å². The molecule has 96 valence electrons. The van der Waals surface area contributed by atoms with E-state index in [0.29, 0.717) is 13.0 Å². The molecule has 0 bridgehead atoms. The molecule has 0 aliphatic carbocycles. The fraction of sp³-hybridized carbons (Fsp3) is 0.385. The zero-order valence-corrected chi connectivity index (χ0v) is 10.2. The monoisotopic (exact) mass is 248 g/mol. The summed E-state index contributed by atoms with van der Waals surface area (Å²) in [5, 5.41) is 9.23. The van der Waals surface area contributed by atoms with Crippen molar-refractivity contribution in [2.24, 2.45) is 5.73 Å². The molecule has 1 aromatic rings. The molecule has 0 radical (unpaired) electrons. The minimum absolute atomic E-state index is 0.313. The largest absolute Gasteiger partial charge is 0.480 e. The SMILES string of the molecule is CC(N)C(=O)N1Cc2ccccc2C[C@H]1C(=O)O. The zero-order valence-electron chi connectivity index (χ0n) is 10.2. The van der Waals surface area contributed by atoms with Gasteiger partial charge in [0.15, 0.2) is 0 Å². The van der Waals surface area contributed by atoms with E-state index in [4.69, 9.17) is 5.73 Å². The normalized spacial score (nSPS) is 20.1. The molecule has 18 heavy (non-hydrogen) atoms. The predicted octanol–water partition coefficient (Wildman–Crippen LogP) is 0.372. The first-order valence-electron chi connectivity index (χ1n) is 5.86. The average Bonchev–Trinajstić information content (AvgIpc) is 2.36. The summed E-state index contributed by atoms with van der Waals surface area (Å²) >= 11 is 0. The first-order valence-corrected chi connectivity index (χ1v) is 5.86. The van der Waals surface area contributed by atoms with E-state index in [2.05, 4.69) is 0 Å². The van der Waals surface area contributed by atoms with Gasteiger partial charge in [-0.2, -0.15) is 0 Å². The Morgan fingerprint density at radius 3 is 2.56 bits per heavy atom. The molecular formula is C13H16N2O3. The highest BCUT2D eigenvalue weighted by atomic mass is 16.4. The van der Waals surface area contributed by atoms with E-state index in [1.807, 2.05) is 24.3 Å². The van der Waals surface area contributed by atoms with Crippen molar-refractivity contribution in [3.63, 3.8) is 0 Å². The number of hydrogen-bond donors (Lipinski definition) is 2. The molecule has 1 aliphatic heterocycles. The molecule has 1 heterocycles. The number of benzene rings is 1. The molecular weight excluding hydrogens is 232 g/mol. The third-order valence-corrected chi connectivity index (χ3v) is 3.21. The first kappa shape index (κ1) is 12.6. The number of carbonyl (C=O) groups excluding carboxylic acids is 1. The van der Waals surface area contributed by atoms with Crippen molar-refractivity contribution < 1.29 is 14.7 Å². The molecule has 0 fully saturated rings. The van der Waals surface area contributed by atoms with Gasteiger partial charge < -0.3 is 15.7 Å². The Morgan fingerprint density at radius 1 is 1.39 bits per heavy atom. The van der Waals surface area contributed by atoms with Crippen molar-refractivity contribution in [3.8, 4) is 0 Å². The number of hydrogen-bond acceptors (Lipinski definition) is 3. The summed E-state index contributed by atoms with van der Waals surface area (Å²) in [6, 6.07) is 6.07.